The smallest absolute Gasteiger partial charge is 0.248 e. The van der Waals surface area contributed by atoms with E-state index in [9.17, 15) is 4.79 Å². The zero-order valence-electron chi connectivity index (χ0n) is 16.3. The van der Waals surface area contributed by atoms with Gasteiger partial charge in [-0.15, -0.1) is 0 Å². The van der Waals surface area contributed by atoms with Gasteiger partial charge in [0.05, 0.1) is 5.69 Å². The number of nitrogens with two attached hydrogens (primary N) is 2. The van der Waals surface area contributed by atoms with E-state index < -0.39 is 5.91 Å². The Morgan fingerprint density at radius 1 is 1.10 bits per heavy atom. The molecule has 0 spiro atoms. The van der Waals surface area contributed by atoms with Crippen LogP contribution in [0.4, 0.5) is 5.95 Å². The summed E-state index contributed by atoms with van der Waals surface area (Å²) in [7, 11) is 0. The van der Waals surface area contributed by atoms with Crippen molar-refractivity contribution < 1.29 is 4.79 Å². The number of carbonyl (C=O) groups is 1. The van der Waals surface area contributed by atoms with Crippen LogP contribution >= 0.6 is 0 Å². The summed E-state index contributed by atoms with van der Waals surface area (Å²) in [4.78, 5) is 22.7. The Labute approximate surface area is 170 Å². The molecule has 6 heteroatoms. The number of aromatic nitrogens is 2. The first-order valence-corrected chi connectivity index (χ1v) is 9.89. The van der Waals surface area contributed by atoms with Gasteiger partial charge in [-0.05, 0) is 42.6 Å². The van der Waals surface area contributed by atoms with E-state index in [2.05, 4.69) is 39.1 Å². The molecule has 2 aromatic carbocycles. The number of likely N-dealkylation sites (tertiary alicyclic amines) is 1. The molecule has 0 aliphatic carbocycles. The monoisotopic (exact) mass is 387 g/mol. The van der Waals surface area contributed by atoms with Gasteiger partial charge in [0.2, 0.25) is 11.9 Å². The minimum Gasteiger partial charge on any atom is -0.368 e. The van der Waals surface area contributed by atoms with Crippen molar-refractivity contribution in [2.75, 3.05) is 18.8 Å². The van der Waals surface area contributed by atoms with Crippen LogP contribution in [-0.4, -0.2) is 33.9 Å². The van der Waals surface area contributed by atoms with Crippen molar-refractivity contribution in [1.82, 2.24) is 14.9 Å². The molecule has 1 aromatic heterocycles. The van der Waals surface area contributed by atoms with Gasteiger partial charge in [-0.3, -0.25) is 9.69 Å². The molecule has 0 radical (unpaired) electrons. The first-order valence-electron chi connectivity index (χ1n) is 9.89. The summed E-state index contributed by atoms with van der Waals surface area (Å²) in [6.45, 7) is 2.94. The lowest BCUT2D eigenvalue weighted by atomic mass is 9.89. The highest BCUT2D eigenvalue weighted by atomic mass is 16.1. The van der Waals surface area contributed by atoms with Gasteiger partial charge in [0.15, 0.2) is 0 Å². The maximum Gasteiger partial charge on any atom is 0.248 e. The van der Waals surface area contributed by atoms with E-state index >= 15 is 0 Å². The van der Waals surface area contributed by atoms with E-state index in [1.807, 2.05) is 18.2 Å². The van der Waals surface area contributed by atoms with Crippen molar-refractivity contribution in [2.24, 2.45) is 5.73 Å². The molecule has 1 aliphatic heterocycles. The molecule has 1 aliphatic rings. The fourth-order valence-electron chi connectivity index (χ4n) is 4.02. The van der Waals surface area contributed by atoms with Crippen LogP contribution in [0.5, 0.6) is 0 Å². The lowest BCUT2D eigenvalue weighted by Crippen LogP contribution is -2.34. The molecule has 2 heterocycles. The normalized spacial score (nSPS) is 17.2. The second kappa shape index (κ2) is 8.41. The lowest BCUT2D eigenvalue weighted by molar-refractivity contribution is 0.100. The zero-order chi connectivity index (χ0) is 20.2. The maximum atomic E-state index is 11.4. The topological polar surface area (TPSA) is 98.1 Å². The van der Waals surface area contributed by atoms with Crippen LogP contribution in [-0.2, 0) is 6.54 Å². The molecule has 3 aromatic rings. The van der Waals surface area contributed by atoms with E-state index in [0.29, 0.717) is 5.56 Å². The molecule has 0 unspecified atom stereocenters. The average Bonchev–Trinajstić information content (AvgIpc) is 2.75. The second-order valence-corrected chi connectivity index (χ2v) is 7.53. The van der Waals surface area contributed by atoms with E-state index in [1.165, 1.54) is 5.56 Å². The average molecular weight is 387 g/mol. The van der Waals surface area contributed by atoms with Crippen molar-refractivity contribution in [3.63, 3.8) is 0 Å². The molecule has 148 valence electrons. The van der Waals surface area contributed by atoms with Crippen molar-refractivity contribution in [2.45, 2.75) is 25.3 Å². The van der Waals surface area contributed by atoms with Crippen molar-refractivity contribution in [3.8, 4) is 11.1 Å². The maximum absolute atomic E-state index is 11.4. The van der Waals surface area contributed by atoms with Crippen LogP contribution in [0.2, 0.25) is 0 Å². The van der Waals surface area contributed by atoms with Crippen LogP contribution in [0, 0.1) is 0 Å². The third-order valence-electron chi connectivity index (χ3n) is 5.46. The molecule has 1 amide bonds. The first kappa shape index (κ1) is 19.1. The van der Waals surface area contributed by atoms with E-state index in [4.69, 9.17) is 11.5 Å². The first-order chi connectivity index (χ1) is 14.1. The van der Waals surface area contributed by atoms with Crippen molar-refractivity contribution >= 4 is 11.9 Å². The Hall–Kier alpha value is -3.25. The number of primary amides is 1. The van der Waals surface area contributed by atoms with E-state index in [-0.39, 0.29) is 11.9 Å². The van der Waals surface area contributed by atoms with Crippen LogP contribution < -0.4 is 11.5 Å². The molecule has 1 saturated heterocycles. The van der Waals surface area contributed by atoms with Crippen LogP contribution in [0.1, 0.15) is 40.4 Å². The summed E-state index contributed by atoms with van der Waals surface area (Å²) in [6, 6.07) is 17.8. The summed E-state index contributed by atoms with van der Waals surface area (Å²) < 4.78 is 0. The molecule has 6 nitrogen and oxygen atoms in total. The Morgan fingerprint density at radius 2 is 1.86 bits per heavy atom. The number of carbonyl (C=O) groups excluding carboxylic acids is 1. The Bertz CT molecular complexity index is 988. The van der Waals surface area contributed by atoms with Gasteiger partial charge < -0.3 is 11.5 Å². The summed E-state index contributed by atoms with van der Waals surface area (Å²) in [6.07, 6.45) is 3.96. The lowest BCUT2D eigenvalue weighted by Gasteiger charge is -2.33. The van der Waals surface area contributed by atoms with Crippen molar-refractivity contribution in [3.05, 3.63) is 77.6 Å². The molecular weight excluding hydrogens is 362 g/mol. The number of amides is 1. The number of hydrogen-bond donors (Lipinski definition) is 2. The number of rotatable bonds is 5. The summed E-state index contributed by atoms with van der Waals surface area (Å²) >= 11 is 0. The minimum atomic E-state index is -0.436. The molecular formula is C23H25N5O. The summed E-state index contributed by atoms with van der Waals surface area (Å²) in [5.41, 5.74) is 16.0. The molecule has 0 bridgehead atoms. The van der Waals surface area contributed by atoms with Crippen LogP contribution in [0.25, 0.3) is 11.1 Å². The number of hydrogen-bond acceptors (Lipinski definition) is 5. The highest BCUT2D eigenvalue weighted by Gasteiger charge is 2.25. The van der Waals surface area contributed by atoms with Crippen LogP contribution in [0.15, 0.2) is 60.8 Å². The standard InChI is InChI=1S/C23H25N5O/c24-22(29)18-10-8-17(9-11-18)20-13-26-23(25)27-21(20)19-7-4-12-28(15-19)14-16-5-2-1-3-6-16/h1-3,5-6,8-11,13,19H,4,7,12,14-15H2,(H2,24,29)(H2,25,26,27)/t19-/m0/s1. The predicted molar refractivity (Wildman–Crippen MR) is 114 cm³/mol. The quantitative estimate of drug-likeness (QED) is 0.700. The van der Waals surface area contributed by atoms with E-state index in [1.54, 1.807) is 18.3 Å². The molecule has 29 heavy (non-hydrogen) atoms. The summed E-state index contributed by atoms with van der Waals surface area (Å²) in [5.74, 6) is 0.135. The van der Waals surface area contributed by atoms with E-state index in [0.717, 1.165) is 49.3 Å². The van der Waals surface area contributed by atoms with Crippen LogP contribution in [0.3, 0.4) is 0 Å². The number of piperidine rings is 1. The third kappa shape index (κ3) is 4.43. The molecule has 4 N–H and O–H groups in total. The van der Waals surface area contributed by atoms with Gasteiger partial charge in [-0.25, -0.2) is 9.97 Å². The molecule has 1 atom stereocenters. The fraction of sp³-hybridized carbons (Fsp3) is 0.261. The largest absolute Gasteiger partial charge is 0.368 e. The Balaban J connectivity index is 1.60. The zero-order valence-corrected chi connectivity index (χ0v) is 16.3. The highest BCUT2D eigenvalue weighted by Crippen LogP contribution is 2.33. The number of nitrogen functional groups attached to an aromatic ring is 1. The highest BCUT2D eigenvalue weighted by molar-refractivity contribution is 5.93. The number of anilines is 1. The summed E-state index contributed by atoms with van der Waals surface area (Å²) in [5, 5.41) is 0. The van der Waals surface area contributed by atoms with Gasteiger partial charge in [0, 0.05) is 36.3 Å². The fourth-order valence-corrected chi connectivity index (χ4v) is 4.02. The Kier molecular flexibility index (Phi) is 5.53. The van der Waals surface area contributed by atoms with Gasteiger partial charge in [0.25, 0.3) is 0 Å². The molecule has 1 fully saturated rings. The second-order valence-electron chi connectivity index (χ2n) is 7.53. The number of nitrogens with zero attached hydrogens (tertiary/aromatic N) is 3. The molecule has 4 rings (SSSR count). The van der Waals surface area contributed by atoms with Gasteiger partial charge in [-0.2, -0.15) is 0 Å². The van der Waals surface area contributed by atoms with Gasteiger partial charge in [0.1, 0.15) is 0 Å². The predicted octanol–water partition coefficient (Wildman–Crippen LogP) is 3.20. The SMILES string of the molecule is NC(=O)c1ccc(-c2cnc(N)nc2[C@H]2CCCN(Cc3ccccc3)C2)cc1. The number of benzene rings is 2. The molecule has 0 saturated carbocycles. The van der Waals surface area contributed by atoms with Gasteiger partial charge in [-0.1, -0.05) is 42.5 Å². The Morgan fingerprint density at radius 3 is 2.59 bits per heavy atom. The van der Waals surface area contributed by atoms with Gasteiger partial charge >= 0.3 is 0 Å². The third-order valence-corrected chi connectivity index (χ3v) is 5.46. The minimum absolute atomic E-state index is 0.281. The van der Waals surface area contributed by atoms with Crippen molar-refractivity contribution in [1.29, 1.82) is 0 Å².